The Hall–Kier alpha value is -4.05. The van der Waals surface area contributed by atoms with Crippen LogP contribution in [0.2, 0.25) is 0 Å². The van der Waals surface area contributed by atoms with Crippen molar-refractivity contribution in [3.63, 3.8) is 0 Å². The molecule has 3 aromatic rings. The summed E-state index contributed by atoms with van der Waals surface area (Å²) >= 11 is 0. The monoisotopic (exact) mass is 498 g/mol. The maximum atomic E-state index is 13.6. The fourth-order valence-corrected chi connectivity index (χ4v) is 4.53. The predicted molar refractivity (Wildman–Crippen MR) is 123 cm³/mol. The average Bonchev–Trinajstić information content (AvgIpc) is 3.36. The van der Waals surface area contributed by atoms with Gasteiger partial charge in [0.15, 0.2) is 6.10 Å². The van der Waals surface area contributed by atoms with Crippen molar-refractivity contribution in [2.24, 2.45) is 5.92 Å². The number of fused-ring (bicyclic) bond motifs is 1. The van der Waals surface area contributed by atoms with Crippen LogP contribution in [0.1, 0.15) is 18.5 Å². The molecule has 3 aromatic carbocycles. The van der Waals surface area contributed by atoms with Gasteiger partial charge in [0.2, 0.25) is 5.91 Å². The second-order valence-corrected chi connectivity index (χ2v) is 8.21. The van der Waals surface area contributed by atoms with Gasteiger partial charge in [-0.1, -0.05) is 30.3 Å². The van der Waals surface area contributed by atoms with Gasteiger partial charge in [0.25, 0.3) is 5.91 Å². The molecule has 10 heteroatoms. The fraction of sp³-hybridized carbons (Fsp3) is 0.231. The number of hydrogen-bond donors (Lipinski definition) is 0. The van der Waals surface area contributed by atoms with Crippen molar-refractivity contribution >= 4 is 23.2 Å². The first kappa shape index (κ1) is 23.7. The number of imide groups is 1. The molecule has 0 aliphatic carbocycles. The van der Waals surface area contributed by atoms with Crippen LogP contribution >= 0.6 is 0 Å². The molecule has 0 spiro atoms. The minimum atomic E-state index is -4.83. The van der Waals surface area contributed by atoms with Gasteiger partial charge in [0.05, 0.1) is 24.0 Å². The Balaban J connectivity index is 1.50. The highest BCUT2D eigenvalue weighted by Gasteiger charge is 2.60. The Labute approximate surface area is 204 Å². The third-order valence-electron chi connectivity index (χ3n) is 5.99. The second kappa shape index (κ2) is 9.19. The zero-order chi connectivity index (χ0) is 25.4. The van der Waals surface area contributed by atoms with Gasteiger partial charge in [-0.05, 0) is 61.0 Å². The van der Waals surface area contributed by atoms with E-state index in [1.807, 2.05) is 13.0 Å². The van der Waals surface area contributed by atoms with Gasteiger partial charge in [-0.3, -0.25) is 14.4 Å². The summed E-state index contributed by atoms with van der Waals surface area (Å²) in [4.78, 5) is 34.1. The van der Waals surface area contributed by atoms with Gasteiger partial charge in [0.1, 0.15) is 17.4 Å². The lowest BCUT2D eigenvalue weighted by atomic mass is 9.90. The third kappa shape index (κ3) is 4.35. The molecule has 2 fully saturated rings. The molecule has 2 amide bonds. The highest BCUT2D eigenvalue weighted by atomic mass is 19.4. The molecule has 3 atom stereocenters. The van der Waals surface area contributed by atoms with Gasteiger partial charge in [-0.25, -0.2) is 9.96 Å². The number of halogens is 3. The maximum absolute atomic E-state index is 13.6. The number of ether oxygens (including phenoxy) is 2. The van der Waals surface area contributed by atoms with Crippen LogP contribution in [0.25, 0.3) is 0 Å². The number of carbonyl (C=O) groups excluding carboxylic acids is 2. The smallest absolute Gasteiger partial charge is 0.494 e. The second-order valence-electron chi connectivity index (χ2n) is 8.21. The maximum Gasteiger partial charge on any atom is 0.573 e. The summed E-state index contributed by atoms with van der Waals surface area (Å²) in [7, 11) is 0. The molecule has 0 N–H and O–H groups in total. The van der Waals surface area contributed by atoms with E-state index in [0.29, 0.717) is 29.3 Å². The molecular weight excluding hydrogens is 477 g/mol. The van der Waals surface area contributed by atoms with Crippen LogP contribution in [0.15, 0.2) is 78.9 Å². The Bertz CT molecular complexity index is 1250. The van der Waals surface area contributed by atoms with E-state index >= 15 is 0 Å². The number of hydroxylamine groups is 1. The molecule has 2 aliphatic rings. The van der Waals surface area contributed by atoms with Gasteiger partial charge in [-0.15, -0.1) is 13.2 Å². The van der Waals surface area contributed by atoms with Crippen molar-refractivity contribution in [1.29, 1.82) is 0 Å². The zero-order valence-corrected chi connectivity index (χ0v) is 19.0. The number of benzene rings is 3. The van der Waals surface area contributed by atoms with E-state index in [9.17, 15) is 22.8 Å². The largest absolute Gasteiger partial charge is 0.573 e. The molecule has 0 unspecified atom stereocenters. The third-order valence-corrected chi connectivity index (χ3v) is 5.99. The van der Waals surface area contributed by atoms with E-state index in [2.05, 4.69) is 4.74 Å². The first-order valence-electron chi connectivity index (χ1n) is 11.2. The lowest BCUT2D eigenvalue weighted by molar-refractivity contribution is -0.274. The van der Waals surface area contributed by atoms with Gasteiger partial charge < -0.3 is 9.47 Å². The fourth-order valence-electron chi connectivity index (χ4n) is 4.53. The number of nitrogens with zero attached hydrogens (tertiary/aromatic N) is 2. The summed E-state index contributed by atoms with van der Waals surface area (Å²) in [6, 6.07) is 19.9. The van der Waals surface area contributed by atoms with E-state index in [1.165, 1.54) is 29.3 Å². The molecule has 7 nitrogen and oxygen atoms in total. The normalized spacial score (nSPS) is 21.6. The first-order valence-corrected chi connectivity index (χ1v) is 11.2. The first-order chi connectivity index (χ1) is 17.3. The van der Waals surface area contributed by atoms with E-state index in [0.717, 1.165) is 4.90 Å². The summed E-state index contributed by atoms with van der Waals surface area (Å²) < 4.78 is 47.3. The lowest BCUT2D eigenvalue weighted by Crippen LogP contribution is -2.37. The number of para-hydroxylation sites is 1. The van der Waals surface area contributed by atoms with Gasteiger partial charge >= 0.3 is 6.36 Å². The van der Waals surface area contributed by atoms with Crippen molar-refractivity contribution in [1.82, 2.24) is 0 Å². The number of hydrogen-bond acceptors (Lipinski definition) is 6. The summed E-state index contributed by atoms with van der Waals surface area (Å²) in [6.45, 7) is 2.32. The number of rotatable bonds is 6. The highest BCUT2D eigenvalue weighted by molar-refractivity contribution is 6.23. The minimum absolute atomic E-state index is 0.380. The topological polar surface area (TPSA) is 68.3 Å². The Morgan fingerprint density at radius 1 is 0.833 bits per heavy atom. The summed E-state index contributed by atoms with van der Waals surface area (Å²) in [5.41, 5.74) is 1.47. The zero-order valence-electron chi connectivity index (χ0n) is 19.0. The van der Waals surface area contributed by atoms with Crippen LogP contribution in [0.5, 0.6) is 11.5 Å². The van der Waals surface area contributed by atoms with Crippen molar-refractivity contribution < 1.29 is 37.1 Å². The Morgan fingerprint density at radius 3 is 2.08 bits per heavy atom. The standard InChI is InChI=1S/C26H21F3N2O5/c1-2-34-19-14-10-17(11-15-19)30-24(32)21-22(16-8-12-20(13-9-16)35-26(27,28)29)31(36-23(21)25(30)33)18-6-4-3-5-7-18/h3-15,21-23H,2H2,1H3/t21-,22-,23-/m1/s1. The van der Waals surface area contributed by atoms with Crippen LogP contribution in [0.4, 0.5) is 24.5 Å². The van der Waals surface area contributed by atoms with Crippen LogP contribution in [-0.4, -0.2) is 30.9 Å². The van der Waals surface area contributed by atoms with Gasteiger partial charge in [-0.2, -0.15) is 0 Å². The quantitative estimate of drug-likeness (QED) is 0.444. The number of anilines is 2. The van der Waals surface area contributed by atoms with Crippen molar-refractivity contribution in [2.45, 2.75) is 25.4 Å². The number of amides is 2. The molecule has 186 valence electrons. The molecule has 36 heavy (non-hydrogen) atoms. The summed E-state index contributed by atoms with van der Waals surface area (Å²) in [6.07, 6.45) is -5.93. The Morgan fingerprint density at radius 2 is 1.47 bits per heavy atom. The van der Waals surface area contributed by atoms with Crippen LogP contribution < -0.4 is 19.4 Å². The van der Waals surface area contributed by atoms with E-state index < -0.39 is 42.0 Å². The van der Waals surface area contributed by atoms with Crippen LogP contribution in [0, 0.1) is 5.92 Å². The lowest BCUT2D eigenvalue weighted by Gasteiger charge is -2.29. The van der Waals surface area contributed by atoms with E-state index in [4.69, 9.17) is 9.57 Å². The minimum Gasteiger partial charge on any atom is -0.494 e. The molecule has 0 radical (unpaired) electrons. The predicted octanol–water partition coefficient (Wildman–Crippen LogP) is 5.04. The molecule has 2 aliphatic heterocycles. The summed E-state index contributed by atoms with van der Waals surface area (Å²) in [5, 5.41) is 1.47. The van der Waals surface area contributed by atoms with Gasteiger partial charge in [0, 0.05) is 0 Å². The number of alkyl halides is 3. The SMILES string of the molecule is CCOc1ccc(N2C(=O)[C@@H]3[C@@H](c4ccc(OC(F)(F)F)cc4)N(c4ccccc4)O[C@H]3C2=O)cc1. The van der Waals surface area contributed by atoms with E-state index in [-0.39, 0.29) is 0 Å². The van der Waals surface area contributed by atoms with E-state index in [1.54, 1.807) is 48.5 Å². The van der Waals surface area contributed by atoms with Crippen LogP contribution in [-0.2, 0) is 14.4 Å². The molecular formula is C26H21F3N2O5. The average molecular weight is 498 g/mol. The highest BCUT2D eigenvalue weighted by Crippen LogP contribution is 2.48. The van der Waals surface area contributed by atoms with Crippen LogP contribution in [0.3, 0.4) is 0 Å². The molecule has 0 saturated carbocycles. The summed E-state index contributed by atoms with van der Waals surface area (Å²) in [5.74, 6) is -1.69. The molecule has 2 heterocycles. The van der Waals surface area contributed by atoms with Crippen molar-refractivity contribution in [3.05, 3.63) is 84.4 Å². The molecule has 0 bridgehead atoms. The number of carbonyl (C=O) groups is 2. The van der Waals surface area contributed by atoms with Crippen molar-refractivity contribution in [2.75, 3.05) is 16.6 Å². The van der Waals surface area contributed by atoms with Crippen molar-refractivity contribution in [3.8, 4) is 11.5 Å². The molecule has 2 saturated heterocycles. The Kier molecular flexibility index (Phi) is 6.05. The molecule has 5 rings (SSSR count). The molecule has 0 aromatic heterocycles.